The molecule has 15 rings (SSSR count). The lowest BCUT2D eigenvalue weighted by Crippen LogP contribution is -2.26. The molecule has 64 heavy (non-hydrogen) atoms. The molecule has 4 heterocycles. The molecule has 0 saturated carbocycles. The van der Waals surface area contributed by atoms with Gasteiger partial charge >= 0.3 is 0 Å². The molecule has 13 aromatic rings. The van der Waals surface area contributed by atoms with Crippen molar-refractivity contribution in [3.8, 4) is 56.4 Å². The predicted octanol–water partition coefficient (Wildman–Crippen LogP) is 14.9. The molecular formula is C58H31N3O3. The van der Waals surface area contributed by atoms with Crippen LogP contribution in [0.5, 0.6) is 0 Å². The van der Waals surface area contributed by atoms with E-state index in [2.05, 4.69) is 121 Å². The zero-order valence-corrected chi connectivity index (χ0v) is 34.0. The lowest BCUT2D eigenvalue weighted by molar-refractivity contribution is 0.666. The van der Waals surface area contributed by atoms with Crippen LogP contribution in [0.1, 0.15) is 22.3 Å². The molecule has 0 saturated heterocycles. The SMILES string of the molecule is c1ccc(-c2nc(-c3ccc4c(c3)oc3ccc5c(c34)C3(c4ccccc4-c4ccccc43)c3cc4oc6ccccc6c4cc3-5)nc(-c3cccc4c3oc3ccccc34)n2)cc1. The molecule has 0 aliphatic heterocycles. The minimum Gasteiger partial charge on any atom is -0.456 e. The van der Waals surface area contributed by atoms with Crippen molar-refractivity contribution in [2.45, 2.75) is 5.41 Å². The van der Waals surface area contributed by atoms with Crippen LogP contribution in [-0.2, 0) is 5.41 Å². The first-order chi connectivity index (χ1) is 31.7. The molecular weight excluding hydrogens is 787 g/mol. The third kappa shape index (κ3) is 4.36. The minimum absolute atomic E-state index is 0.535. The fourth-order valence-electron chi connectivity index (χ4n) is 11.1. The molecule has 0 unspecified atom stereocenters. The highest BCUT2D eigenvalue weighted by Gasteiger charge is 2.53. The maximum absolute atomic E-state index is 6.95. The Kier molecular flexibility index (Phi) is 6.53. The molecule has 0 amide bonds. The molecule has 6 heteroatoms. The Labute approximate surface area is 364 Å². The standard InChI is InChI=1S/C58H31N3O3/c1-2-13-32(14-3-1)55-59-56(61-57(60-55)41-20-12-19-39-36-17-6-11-24-48(36)64-54(39)41)33-25-26-40-50(29-33)63-49-28-27-38-42-30-43-37-18-7-10-23-47(37)62-51(43)31-46(42)58(53(38)52(40)49)44-21-8-4-15-34(44)35-16-5-9-22-45(35)58/h1-31H. The summed E-state index contributed by atoms with van der Waals surface area (Å²) >= 11 is 0. The van der Waals surface area contributed by atoms with Crippen molar-refractivity contribution in [3.63, 3.8) is 0 Å². The molecule has 1 spiro atoms. The molecule has 2 aliphatic rings. The summed E-state index contributed by atoms with van der Waals surface area (Å²) in [4.78, 5) is 15.4. The molecule has 4 aromatic heterocycles. The Morgan fingerprint density at radius 2 is 0.922 bits per heavy atom. The number of para-hydroxylation sites is 3. The third-order valence-electron chi connectivity index (χ3n) is 13.7. The fourth-order valence-corrected chi connectivity index (χ4v) is 11.1. The average Bonchev–Trinajstić information content (AvgIpc) is 4.15. The molecule has 0 bridgehead atoms. The highest BCUT2D eigenvalue weighted by Crippen LogP contribution is 2.65. The van der Waals surface area contributed by atoms with E-state index in [9.17, 15) is 0 Å². The zero-order chi connectivity index (χ0) is 41.7. The summed E-state index contributed by atoms with van der Waals surface area (Å²) in [5.41, 5.74) is 16.7. The molecule has 6 nitrogen and oxygen atoms in total. The van der Waals surface area contributed by atoms with E-state index in [1.807, 2.05) is 66.7 Å². The van der Waals surface area contributed by atoms with Crippen LogP contribution in [0.15, 0.2) is 201 Å². The van der Waals surface area contributed by atoms with Gasteiger partial charge in [0.15, 0.2) is 17.5 Å². The van der Waals surface area contributed by atoms with Crippen LogP contribution >= 0.6 is 0 Å². The quantitative estimate of drug-likeness (QED) is 0.177. The van der Waals surface area contributed by atoms with Crippen LogP contribution in [0.2, 0.25) is 0 Å². The van der Waals surface area contributed by atoms with E-state index in [4.69, 9.17) is 28.2 Å². The summed E-state index contributed by atoms with van der Waals surface area (Å²) in [6.07, 6.45) is 0. The van der Waals surface area contributed by atoms with Gasteiger partial charge in [-0.3, -0.25) is 0 Å². The molecule has 9 aromatic carbocycles. The summed E-state index contributed by atoms with van der Waals surface area (Å²) in [6, 6.07) is 65.9. The summed E-state index contributed by atoms with van der Waals surface area (Å²) in [5, 5.41) is 6.42. The van der Waals surface area contributed by atoms with Crippen molar-refractivity contribution in [1.82, 2.24) is 15.0 Å². The molecule has 0 radical (unpaired) electrons. The largest absolute Gasteiger partial charge is 0.456 e. The summed E-state index contributed by atoms with van der Waals surface area (Å²) in [7, 11) is 0. The average molecular weight is 818 g/mol. The van der Waals surface area contributed by atoms with Crippen molar-refractivity contribution in [2.75, 3.05) is 0 Å². The maximum Gasteiger partial charge on any atom is 0.167 e. The van der Waals surface area contributed by atoms with E-state index >= 15 is 0 Å². The van der Waals surface area contributed by atoms with E-state index in [-0.39, 0.29) is 0 Å². The van der Waals surface area contributed by atoms with Gasteiger partial charge in [0.2, 0.25) is 0 Å². The van der Waals surface area contributed by atoms with Gasteiger partial charge in [0.25, 0.3) is 0 Å². The second-order valence-electron chi connectivity index (χ2n) is 17.0. The van der Waals surface area contributed by atoms with Gasteiger partial charge in [-0.15, -0.1) is 0 Å². The first kappa shape index (κ1) is 34.0. The fraction of sp³-hybridized carbons (Fsp3) is 0.0172. The van der Waals surface area contributed by atoms with Gasteiger partial charge in [0.1, 0.15) is 33.5 Å². The van der Waals surface area contributed by atoms with Crippen molar-refractivity contribution in [1.29, 1.82) is 0 Å². The second-order valence-corrected chi connectivity index (χ2v) is 17.0. The number of fused-ring (bicyclic) bond motifs is 20. The first-order valence-electron chi connectivity index (χ1n) is 21.6. The van der Waals surface area contributed by atoms with Crippen LogP contribution in [0.4, 0.5) is 0 Å². The Morgan fingerprint density at radius 3 is 1.72 bits per heavy atom. The zero-order valence-electron chi connectivity index (χ0n) is 34.0. The van der Waals surface area contributed by atoms with E-state index in [1.165, 1.54) is 44.5 Å². The van der Waals surface area contributed by atoms with Crippen LogP contribution in [0.25, 0.3) is 122 Å². The Hall–Kier alpha value is -8.61. The van der Waals surface area contributed by atoms with E-state index in [0.717, 1.165) is 82.5 Å². The molecule has 296 valence electrons. The van der Waals surface area contributed by atoms with Gasteiger partial charge in [-0.1, -0.05) is 140 Å². The van der Waals surface area contributed by atoms with Gasteiger partial charge in [-0.25, -0.2) is 15.0 Å². The molecule has 0 N–H and O–H groups in total. The van der Waals surface area contributed by atoms with Gasteiger partial charge < -0.3 is 13.3 Å². The van der Waals surface area contributed by atoms with Crippen molar-refractivity contribution >= 4 is 65.8 Å². The minimum atomic E-state index is -0.620. The number of rotatable bonds is 3. The van der Waals surface area contributed by atoms with E-state index < -0.39 is 5.41 Å². The lowest BCUT2D eigenvalue weighted by atomic mass is 9.69. The van der Waals surface area contributed by atoms with Crippen molar-refractivity contribution in [3.05, 3.63) is 210 Å². The maximum atomic E-state index is 6.95. The number of nitrogens with zero attached hydrogens (tertiary/aromatic N) is 3. The van der Waals surface area contributed by atoms with Gasteiger partial charge in [0.05, 0.1) is 11.0 Å². The van der Waals surface area contributed by atoms with Crippen LogP contribution in [0, 0.1) is 0 Å². The highest BCUT2D eigenvalue weighted by molar-refractivity contribution is 6.16. The number of hydrogen-bond acceptors (Lipinski definition) is 6. The normalized spacial score (nSPS) is 13.4. The number of hydrogen-bond donors (Lipinski definition) is 0. The van der Waals surface area contributed by atoms with Gasteiger partial charge in [0, 0.05) is 43.4 Å². The van der Waals surface area contributed by atoms with Gasteiger partial charge in [-0.05, 0) is 93.0 Å². The van der Waals surface area contributed by atoms with Crippen LogP contribution in [0.3, 0.4) is 0 Å². The topological polar surface area (TPSA) is 78.1 Å². The summed E-state index contributed by atoms with van der Waals surface area (Å²) in [5.74, 6) is 1.66. The summed E-state index contributed by atoms with van der Waals surface area (Å²) < 4.78 is 20.1. The Morgan fingerprint density at radius 1 is 0.312 bits per heavy atom. The second kappa shape index (κ2) is 12.3. The molecule has 2 aliphatic carbocycles. The first-order valence-corrected chi connectivity index (χ1v) is 21.6. The molecule has 0 atom stereocenters. The predicted molar refractivity (Wildman–Crippen MR) is 254 cm³/mol. The summed E-state index contributed by atoms with van der Waals surface area (Å²) in [6.45, 7) is 0. The third-order valence-corrected chi connectivity index (χ3v) is 13.7. The Bertz CT molecular complexity index is 4110. The van der Waals surface area contributed by atoms with E-state index in [1.54, 1.807) is 0 Å². The Balaban J connectivity index is 0.984. The van der Waals surface area contributed by atoms with Crippen LogP contribution in [-0.4, -0.2) is 15.0 Å². The number of benzene rings is 9. The number of furan rings is 3. The monoisotopic (exact) mass is 817 g/mol. The highest BCUT2D eigenvalue weighted by atomic mass is 16.3. The van der Waals surface area contributed by atoms with E-state index in [0.29, 0.717) is 17.5 Å². The smallest absolute Gasteiger partial charge is 0.167 e. The van der Waals surface area contributed by atoms with Crippen LogP contribution < -0.4 is 0 Å². The molecule has 0 fully saturated rings. The van der Waals surface area contributed by atoms with Crippen molar-refractivity contribution in [2.24, 2.45) is 0 Å². The van der Waals surface area contributed by atoms with Gasteiger partial charge in [-0.2, -0.15) is 0 Å². The lowest BCUT2D eigenvalue weighted by Gasteiger charge is -2.31. The van der Waals surface area contributed by atoms with Crippen molar-refractivity contribution < 1.29 is 13.3 Å². The number of aromatic nitrogens is 3.